The molecule has 15 nitrogen and oxygen atoms in total. The molecule has 7 N–H and O–H groups in total. The van der Waals surface area contributed by atoms with Gasteiger partial charge in [0.25, 0.3) is 0 Å². The molecule has 0 radical (unpaired) electrons. The Balaban J connectivity index is 2.00. The quantitative estimate of drug-likeness (QED) is 0.119. The van der Waals surface area contributed by atoms with Crippen molar-refractivity contribution in [2.45, 2.75) is 168 Å². The Morgan fingerprint density at radius 3 is 2.34 bits per heavy atom. The minimum atomic E-state index is -1.97. The number of carbonyl (C=O) groups excluding carboxylic acids is 2. The fourth-order valence-corrected chi connectivity index (χ4v) is 8.94. The van der Waals surface area contributed by atoms with E-state index in [0.717, 1.165) is 5.57 Å². The third-order valence-electron chi connectivity index (χ3n) is 12.8. The number of aliphatic hydroxyl groups is 5. The lowest BCUT2D eigenvalue weighted by atomic mass is 9.77. The van der Waals surface area contributed by atoms with E-state index >= 15 is 0 Å². The second-order valence-electron chi connectivity index (χ2n) is 17.5. The van der Waals surface area contributed by atoms with Gasteiger partial charge in [-0.1, -0.05) is 89.1 Å². The van der Waals surface area contributed by atoms with Crippen LogP contribution in [-0.4, -0.2) is 125 Å². The van der Waals surface area contributed by atoms with Crippen LogP contribution in [0.4, 0.5) is 4.79 Å². The smallest absolute Gasteiger partial charge is 0.404 e. The second-order valence-corrected chi connectivity index (χ2v) is 17.5. The van der Waals surface area contributed by atoms with E-state index in [1.165, 1.54) is 20.3 Å². The fourth-order valence-electron chi connectivity index (χ4n) is 8.94. The van der Waals surface area contributed by atoms with Gasteiger partial charge in [-0.2, -0.15) is 0 Å². The van der Waals surface area contributed by atoms with Crippen molar-refractivity contribution in [1.82, 2.24) is 0 Å². The Morgan fingerprint density at radius 1 is 1.10 bits per heavy atom. The number of amides is 1. The highest BCUT2D eigenvalue weighted by Crippen LogP contribution is 2.42. The molecule has 61 heavy (non-hydrogen) atoms. The summed E-state index contributed by atoms with van der Waals surface area (Å²) in [6, 6.07) is 0. The van der Waals surface area contributed by atoms with Gasteiger partial charge in [0.05, 0.1) is 49.8 Å². The number of aliphatic hydroxyl groups excluding tert-OH is 4. The zero-order chi connectivity index (χ0) is 45.9. The molecule has 0 spiro atoms. The van der Waals surface area contributed by atoms with Gasteiger partial charge >= 0.3 is 12.1 Å². The summed E-state index contributed by atoms with van der Waals surface area (Å²) in [5.74, 6) is -6.00. The topological polar surface area (TPSA) is 226 Å². The van der Waals surface area contributed by atoms with Crippen molar-refractivity contribution in [2.24, 2.45) is 41.2 Å². The Kier molecular flexibility index (Phi) is 20.1. The molecule has 348 valence electrons. The molecule has 18 unspecified atom stereocenters. The number of hydrogen-bond donors (Lipinski definition) is 6. The van der Waals surface area contributed by atoms with Crippen LogP contribution in [0, 0.1) is 35.5 Å². The van der Waals surface area contributed by atoms with Crippen molar-refractivity contribution in [3.8, 4) is 0 Å². The van der Waals surface area contributed by atoms with Crippen LogP contribution in [0.1, 0.15) is 94.9 Å². The summed E-state index contributed by atoms with van der Waals surface area (Å²) >= 11 is 0. The number of esters is 1. The number of allylic oxidation sites excluding steroid dienone is 6. The van der Waals surface area contributed by atoms with Gasteiger partial charge in [-0.25, -0.2) is 9.59 Å². The summed E-state index contributed by atoms with van der Waals surface area (Å²) in [5, 5.41) is 58.0. The molecule has 3 rings (SSSR count). The van der Waals surface area contributed by atoms with Crippen LogP contribution < -0.4 is 5.73 Å². The first kappa shape index (κ1) is 52.2. The van der Waals surface area contributed by atoms with Crippen LogP contribution in [0.3, 0.4) is 0 Å². The van der Waals surface area contributed by atoms with E-state index in [1.54, 1.807) is 52.0 Å². The number of cyclic esters (lactones) is 1. The minimum Gasteiger partial charge on any atom is -0.490 e. The lowest BCUT2D eigenvalue weighted by molar-refractivity contribution is -0.338. The number of carbonyl (C=O) groups is 2. The number of methoxy groups -OCH3 is 2. The maximum absolute atomic E-state index is 13.9. The molecule has 0 aromatic heterocycles. The maximum Gasteiger partial charge on any atom is 0.404 e. The van der Waals surface area contributed by atoms with Crippen LogP contribution in [0.15, 0.2) is 59.4 Å². The molecule has 1 amide bonds. The summed E-state index contributed by atoms with van der Waals surface area (Å²) in [6.07, 6.45) is 2.20. The highest BCUT2D eigenvalue weighted by atomic mass is 16.7. The van der Waals surface area contributed by atoms with Crippen LogP contribution >= 0.6 is 0 Å². The number of ether oxygens (including phenoxy) is 7. The van der Waals surface area contributed by atoms with Gasteiger partial charge in [-0.3, -0.25) is 0 Å². The van der Waals surface area contributed by atoms with Gasteiger partial charge in [0.15, 0.2) is 18.2 Å². The van der Waals surface area contributed by atoms with Gasteiger partial charge in [0.1, 0.15) is 12.2 Å². The fraction of sp³-hybridized carbons (Fsp3) is 0.739. The molecule has 18 atom stereocenters. The third-order valence-corrected chi connectivity index (χ3v) is 12.8. The van der Waals surface area contributed by atoms with Crippen molar-refractivity contribution < 1.29 is 68.3 Å². The van der Waals surface area contributed by atoms with Gasteiger partial charge < -0.3 is 64.4 Å². The number of hydrogen-bond acceptors (Lipinski definition) is 14. The number of primary amides is 1. The Labute approximate surface area is 362 Å². The summed E-state index contributed by atoms with van der Waals surface area (Å²) in [4.78, 5) is 25.4. The van der Waals surface area contributed by atoms with Crippen LogP contribution in [-0.2, 0) is 38.0 Å². The average Bonchev–Trinajstić information content (AvgIpc) is 3.19. The molecular formula is C46H75NO14. The van der Waals surface area contributed by atoms with E-state index in [0.29, 0.717) is 18.4 Å². The lowest BCUT2D eigenvalue weighted by Crippen LogP contribution is -2.59. The summed E-state index contributed by atoms with van der Waals surface area (Å²) in [6.45, 7) is 18.2. The highest BCUT2D eigenvalue weighted by molar-refractivity contribution is 5.87. The van der Waals surface area contributed by atoms with E-state index in [9.17, 15) is 35.1 Å². The third kappa shape index (κ3) is 13.7. The van der Waals surface area contributed by atoms with Gasteiger partial charge in [0.2, 0.25) is 5.76 Å². The van der Waals surface area contributed by atoms with E-state index in [2.05, 4.69) is 0 Å². The van der Waals surface area contributed by atoms with Crippen molar-refractivity contribution >= 4 is 12.1 Å². The van der Waals surface area contributed by atoms with Gasteiger partial charge in [-0.05, 0) is 52.5 Å². The van der Waals surface area contributed by atoms with Crippen molar-refractivity contribution in [2.75, 3.05) is 14.2 Å². The monoisotopic (exact) mass is 866 g/mol. The molecule has 2 fully saturated rings. The average molecular weight is 866 g/mol. The van der Waals surface area contributed by atoms with E-state index < -0.39 is 97.0 Å². The minimum absolute atomic E-state index is 0.0313. The summed E-state index contributed by atoms with van der Waals surface area (Å²) in [7, 11) is 2.81. The largest absolute Gasteiger partial charge is 0.490 e. The molecule has 15 heteroatoms. The highest BCUT2D eigenvalue weighted by Gasteiger charge is 2.52. The Bertz CT molecular complexity index is 1570. The van der Waals surface area contributed by atoms with Crippen molar-refractivity contribution in [1.29, 1.82) is 0 Å². The zero-order valence-electron chi connectivity index (χ0n) is 38.2. The Morgan fingerprint density at radius 2 is 1.77 bits per heavy atom. The molecule has 3 aliphatic heterocycles. The Hall–Kier alpha value is -3.12. The molecule has 3 aliphatic rings. The molecule has 0 aromatic carbocycles. The molecule has 0 aliphatic carbocycles. The molecule has 2 saturated heterocycles. The van der Waals surface area contributed by atoms with Crippen molar-refractivity contribution in [3.63, 3.8) is 0 Å². The predicted molar refractivity (Wildman–Crippen MR) is 228 cm³/mol. The first-order valence-corrected chi connectivity index (χ1v) is 21.7. The predicted octanol–water partition coefficient (Wildman–Crippen LogP) is 4.98. The first-order chi connectivity index (χ1) is 28.6. The van der Waals surface area contributed by atoms with Crippen molar-refractivity contribution in [3.05, 3.63) is 59.4 Å². The SMILES string of the molecule is C/C=C/C1OC(O)(C(C)C(O)C(C)C2OC(=O)/C(OC)=C/C(C)=C/C(C)C(O)C(CC)C(O)C(C)C/C(C)=C/C=C/C2OC)CC(OC2CC(O)C(OC(N)=O)C(C)O2)C1C. The molecular weight excluding hydrogens is 790 g/mol. The number of nitrogens with two attached hydrogens (primary N) is 1. The summed E-state index contributed by atoms with van der Waals surface area (Å²) in [5.41, 5.74) is 6.78. The molecule has 0 bridgehead atoms. The lowest BCUT2D eigenvalue weighted by Gasteiger charge is -2.49. The zero-order valence-corrected chi connectivity index (χ0v) is 38.2. The normalized spacial score (nSPS) is 42.2. The van der Waals surface area contributed by atoms with E-state index in [4.69, 9.17) is 38.9 Å². The second kappa shape index (κ2) is 23.5. The molecule has 0 aromatic rings. The van der Waals surface area contributed by atoms with Crippen LogP contribution in [0.25, 0.3) is 0 Å². The van der Waals surface area contributed by atoms with E-state index in [1.807, 2.05) is 53.7 Å². The molecule has 3 heterocycles. The first-order valence-electron chi connectivity index (χ1n) is 21.7. The van der Waals surface area contributed by atoms with Crippen LogP contribution in [0.2, 0.25) is 0 Å². The van der Waals surface area contributed by atoms with Crippen LogP contribution in [0.5, 0.6) is 0 Å². The van der Waals surface area contributed by atoms with Gasteiger partial charge in [-0.15, -0.1) is 0 Å². The maximum atomic E-state index is 13.9. The standard InChI is InChI=1S/C46H75NO14/c1-13-16-34-28(7)37(58-38-22-33(48)43(31(10)57-38)60-45(47)53)23-46(54,61-34)30(9)41(51)29(8)42-35(55-11)18-15-17-24(3)19-26(5)39(49)32(14-2)40(50)27(6)20-25(4)21-36(56-12)44(52)59-42/h13,15-18,20-21,26-35,37-43,48-51,54H,14,19,22-23H2,1-12H3,(H2,47,53)/b16-13+,18-15+,24-17+,25-20+,36-21-. The molecule has 0 saturated carbocycles. The van der Waals surface area contributed by atoms with E-state index in [-0.39, 0.29) is 42.3 Å². The summed E-state index contributed by atoms with van der Waals surface area (Å²) < 4.78 is 41.4. The number of rotatable bonds is 11. The van der Waals surface area contributed by atoms with Gasteiger partial charge in [0, 0.05) is 49.5 Å².